The summed E-state index contributed by atoms with van der Waals surface area (Å²) in [7, 11) is 0. The zero-order valence-corrected chi connectivity index (χ0v) is 12.5. The molecule has 0 bridgehead atoms. The Kier molecular flexibility index (Phi) is 6.54. The second-order valence-electron chi connectivity index (χ2n) is 6.77. The highest BCUT2D eigenvalue weighted by Gasteiger charge is 2.22. The maximum atomic E-state index is 2.80. The highest BCUT2D eigenvalue weighted by Crippen LogP contribution is 2.27. The molecule has 1 saturated carbocycles. The summed E-state index contributed by atoms with van der Waals surface area (Å²) in [6.45, 7) is 6.54. The maximum Gasteiger partial charge on any atom is 0.000978 e. The zero-order chi connectivity index (χ0) is 12.6. The van der Waals surface area contributed by atoms with E-state index in [1.165, 1.54) is 90.3 Å². The van der Waals surface area contributed by atoms with Crippen LogP contribution in [0.2, 0.25) is 0 Å². The van der Waals surface area contributed by atoms with Crippen molar-refractivity contribution in [3.63, 3.8) is 0 Å². The molecule has 0 unspecified atom stereocenters. The molecule has 0 aromatic rings. The second kappa shape index (κ2) is 8.19. The lowest BCUT2D eigenvalue weighted by atomic mass is 9.87. The van der Waals surface area contributed by atoms with Gasteiger partial charge in [0, 0.05) is 13.1 Å². The first-order valence-corrected chi connectivity index (χ1v) is 8.61. The van der Waals surface area contributed by atoms with Gasteiger partial charge < -0.3 is 4.90 Å². The van der Waals surface area contributed by atoms with E-state index >= 15 is 0 Å². The first-order chi connectivity index (χ1) is 8.88. The van der Waals surface area contributed by atoms with E-state index in [1.54, 1.807) is 0 Å². The topological polar surface area (TPSA) is 3.24 Å². The van der Waals surface area contributed by atoms with Crippen LogP contribution >= 0.6 is 0 Å². The van der Waals surface area contributed by atoms with Gasteiger partial charge in [0.25, 0.3) is 0 Å². The average Bonchev–Trinajstić information content (AvgIpc) is 2.41. The summed E-state index contributed by atoms with van der Waals surface area (Å²) in [6.07, 6.45) is 16.3. The van der Waals surface area contributed by atoms with Gasteiger partial charge in [-0.3, -0.25) is 0 Å². The molecular weight excluding hydrogens is 218 g/mol. The molecule has 1 atom stereocenters. The van der Waals surface area contributed by atoms with Gasteiger partial charge in [0.2, 0.25) is 0 Å². The van der Waals surface area contributed by atoms with Gasteiger partial charge in [-0.15, -0.1) is 0 Å². The SMILES string of the molecule is CCCCC[C@@H]1CCCN(CC2CCCCC2)C1. The Morgan fingerprint density at radius 1 is 0.889 bits per heavy atom. The highest BCUT2D eigenvalue weighted by atomic mass is 15.1. The van der Waals surface area contributed by atoms with Crippen LogP contribution in [0.1, 0.15) is 77.6 Å². The minimum Gasteiger partial charge on any atom is -0.303 e. The Morgan fingerprint density at radius 3 is 2.44 bits per heavy atom. The molecule has 0 N–H and O–H groups in total. The van der Waals surface area contributed by atoms with Gasteiger partial charge in [-0.2, -0.15) is 0 Å². The van der Waals surface area contributed by atoms with Crippen LogP contribution in [-0.4, -0.2) is 24.5 Å². The Hall–Kier alpha value is -0.0400. The fraction of sp³-hybridized carbons (Fsp3) is 1.00. The molecule has 1 nitrogen and oxygen atoms in total. The molecule has 2 fully saturated rings. The van der Waals surface area contributed by atoms with Crippen LogP contribution in [0.4, 0.5) is 0 Å². The third kappa shape index (κ3) is 4.91. The van der Waals surface area contributed by atoms with Crippen molar-refractivity contribution < 1.29 is 0 Å². The summed E-state index contributed by atoms with van der Waals surface area (Å²) >= 11 is 0. The fourth-order valence-corrected chi connectivity index (χ4v) is 3.97. The van der Waals surface area contributed by atoms with Gasteiger partial charge in [0.15, 0.2) is 0 Å². The maximum absolute atomic E-state index is 2.80. The van der Waals surface area contributed by atoms with Crippen LogP contribution in [0, 0.1) is 11.8 Å². The first-order valence-electron chi connectivity index (χ1n) is 8.61. The molecule has 1 saturated heterocycles. The molecule has 1 aliphatic carbocycles. The molecule has 2 rings (SSSR count). The average molecular weight is 251 g/mol. The lowest BCUT2D eigenvalue weighted by Crippen LogP contribution is -2.39. The number of likely N-dealkylation sites (tertiary alicyclic amines) is 1. The molecule has 0 aromatic carbocycles. The van der Waals surface area contributed by atoms with Crippen molar-refractivity contribution in [2.45, 2.75) is 77.6 Å². The van der Waals surface area contributed by atoms with Gasteiger partial charge in [0.05, 0.1) is 0 Å². The van der Waals surface area contributed by atoms with Gasteiger partial charge >= 0.3 is 0 Å². The van der Waals surface area contributed by atoms with Crippen LogP contribution in [0.3, 0.4) is 0 Å². The van der Waals surface area contributed by atoms with Gasteiger partial charge in [-0.05, 0) is 50.5 Å². The van der Waals surface area contributed by atoms with Gasteiger partial charge in [0.1, 0.15) is 0 Å². The lowest BCUT2D eigenvalue weighted by Gasteiger charge is -2.36. The molecule has 1 heterocycles. The molecule has 0 radical (unpaired) electrons. The number of hydrogen-bond acceptors (Lipinski definition) is 1. The molecule has 0 amide bonds. The van der Waals surface area contributed by atoms with Crippen LogP contribution in [0.25, 0.3) is 0 Å². The third-order valence-corrected chi connectivity index (χ3v) is 5.06. The van der Waals surface area contributed by atoms with E-state index < -0.39 is 0 Å². The van der Waals surface area contributed by atoms with E-state index in [1.807, 2.05) is 0 Å². The van der Waals surface area contributed by atoms with Crippen LogP contribution < -0.4 is 0 Å². The van der Waals surface area contributed by atoms with E-state index in [0.717, 1.165) is 11.8 Å². The molecule has 0 aromatic heterocycles. The van der Waals surface area contributed by atoms with Crippen molar-refractivity contribution in [1.82, 2.24) is 4.90 Å². The standard InChI is InChI=1S/C17H33N/c1-2-3-5-9-17-12-8-13-18(15-17)14-16-10-6-4-7-11-16/h16-17H,2-15H2,1H3/t17-/m1/s1. The monoisotopic (exact) mass is 251 g/mol. The van der Waals surface area contributed by atoms with Gasteiger partial charge in [-0.1, -0.05) is 45.4 Å². The van der Waals surface area contributed by atoms with Crippen molar-refractivity contribution in [2.75, 3.05) is 19.6 Å². The minimum atomic E-state index is 1.02. The van der Waals surface area contributed by atoms with E-state index in [4.69, 9.17) is 0 Å². The van der Waals surface area contributed by atoms with Crippen molar-refractivity contribution in [3.8, 4) is 0 Å². The summed E-state index contributed by atoms with van der Waals surface area (Å²) < 4.78 is 0. The summed E-state index contributed by atoms with van der Waals surface area (Å²) in [5, 5.41) is 0. The molecule has 106 valence electrons. The van der Waals surface area contributed by atoms with E-state index in [-0.39, 0.29) is 0 Å². The first kappa shape index (κ1) is 14.4. The van der Waals surface area contributed by atoms with Crippen LogP contribution in [-0.2, 0) is 0 Å². The van der Waals surface area contributed by atoms with E-state index in [0.29, 0.717) is 0 Å². The Bertz CT molecular complexity index is 208. The summed E-state index contributed by atoms with van der Waals surface area (Å²) in [5.41, 5.74) is 0. The Balaban J connectivity index is 1.65. The minimum absolute atomic E-state index is 1.02. The number of nitrogens with zero attached hydrogens (tertiary/aromatic N) is 1. The molecule has 0 spiro atoms. The lowest BCUT2D eigenvalue weighted by molar-refractivity contribution is 0.132. The Morgan fingerprint density at radius 2 is 1.67 bits per heavy atom. The summed E-state index contributed by atoms with van der Waals surface area (Å²) in [5.74, 6) is 2.06. The molecular formula is C17H33N. The van der Waals surface area contributed by atoms with Crippen molar-refractivity contribution in [1.29, 1.82) is 0 Å². The molecule has 1 aliphatic heterocycles. The summed E-state index contributed by atoms with van der Waals surface area (Å²) in [6, 6.07) is 0. The molecule has 1 heteroatoms. The largest absolute Gasteiger partial charge is 0.303 e. The van der Waals surface area contributed by atoms with Crippen LogP contribution in [0.5, 0.6) is 0 Å². The zero-order valence-electron chi connectivity index (χ0n) is 12.5. The quantitative estimate of drug-likeness (QED) is 0.609. The second-order valence-corrected chi connectivity index (χ2v) is 6.77. The summed E-state index contributed by atoms with van der Waals surface area (Å²) in [4.78, 5) is 2.80. The predicted octanol–water partition coefficient (Wildman–Crippen LogP) is 4.86. The van der Waals surface area contributed by atoms with Crippen molar-refractivity contribution in [2.24, 2.45) is 11.8 Å². The Labute approximate surface area is 114 Å². The number of hydrogen-bond donors (Lipinski definition) is 0. The number of piperidine rings is 1. The number of unbranched alkanes of at least 4 members (excludes halogenated alkanes) is 2. The smallest absolute Gasteiger partial charge is 0.000978 e. The predicted molar refractivity (Wildman–Crippen MR) is 79.9 cm³/mol. The molecule has 2 aliphatic rings. The van der Waals surface area contributed by atoms with E-state index in [9.17, 15) is 0 Å². The van der Waals surface area contributed by atoms with Crippen molar-refractivity contribution >= 4 is 0 Å². The normalized spacial score (nSPS) is 27.5. The number of rotatable bonds is 6. The van der Waals surface area contributed by atoms with Crippen molar-refractivity contribution in [3.05, 3.63) is 0 Å². The highest BCUT2D eigenvalue weighted by molar-refractivity contribution is 4.76. The van der Waals surface area contributed by atoms with Crippen LogP contribution in [0.15, 0.2) is 0 Å². The van der Waals surface area contributed by atoms with Gasteiger partial charge in [-0.25, -0.2) is 0 Å². The fourth-order valence-electron chi connectivity index (χ4n) is 3.97. The van der Waals surface area contributed by atoms with E-state index in [2.05, 4.69) is 11.8 Å². The molecule has 18 heavy (non-hydrogen) atoms. The third-order valence-electron chi connectivity index (χ3n) is 5.06.